The first-order chi connectivity index (χ1) is 14.1. The fourth-order valence-electron chi connectivity index (χ4n) is 4.95. The van der Waals surface area contributed by atoms with E-state index in [4.69, 9.17) is 9.47 Å². The Kier molecular flexibility index (Phi) is 6.90. The third-order valence-electron chi connectivity index (χ3n) is 6.05. The van der Waals surface area contributed by atoms with Crippen molar-refractivity contribution in [1.82, 2.24) is 4.90 Å². The summed E-state index contributed by atoms with van der Waals surface area (Å²) in [6.45, 7) is 10.0. The van der Waals surface area contributed by atoms with Gasteiger partial charge in [-0.05, 0) is 52.0 Å². The van der Waals surface area contributed by atoms with Gasteiger partial charge in [0, 0.05) is 62.6 Å². The van der Waals surface area contributed by atoms with Crippen LogP contribution in [-0.2, 0) is 9.47 Å². The lowest BCUT2D eigenvalue weighted by Crippen LogP contribution is -2.50. The molecular formula is C23H34F2N2O3. The predicted octanol–water partition coefficient (Wildman–Crippen LogP) is 4.94. The third kappa shape index (κ3) is 4.88. The number of nitrogens with zero attached hydrogens (tertiary/aromatic N) is 2. The first-order valence-electron chi connectivity index (χ1n) is 10.8. The van der Waals surface area contributed by atoms with Gasteiger partial charge in [0.15, 0.2) is 0 Å². The van der Waals surface area contributed by atoms with Gasteiger partial charge in [0.25, 0.3) is 0 Å². The fourth-order valence-corrected chi connectivity index (χ4v) is 4.95. The highest BCUT2D eigenvalue weighted by atomic mass is 19.1. The smallest absolute Gasteiger partial charge is 0.410 e. The van der Waals surface area contributed by atoms with Crippen LogP contribution in [-0.4, -0.2) is 56.0 Å². The normalized spacial score (nSPS) is 24.2. The Morgan fingerprint density at radius 3 is 2.67 bits per heavy atom. The number of hydrogen-bond acceptors (Lipinski definition) is 4. The summed E-state index contributed by atoms with van der Waals surface area (Å²) >= 11 is 0. The monoisotopic (exact) mass is 424 g/mol. The number of likely N-dealkylation sites (tertiary alicyclic amines) is 1. The summed E-state index contributed by atoms with van der Waals surface area (Å²) in [4.78, 5) is 16.5. The number of rotatable bonds is 5. The zero-order valence-electron chi connectivity index (χ0n) is 18.7. The maximum atomic E-state index is 14.7. The fraction of sp³-hybridized carbons (Fsp3) is 0.696. The molecule has 1 amide bonds. The van der Waals surface area contributed by atoms with Crippen molar-refractivity contribution >= 4 is 11.8 Å². The molecule has 1 aromatic rings. The molecular weight excluding hydrogens is 390 g/mol. The van der Waals surface area contributed by atoms with E-state index in [0.717, 1.165) is 25.3 Å². The average molecular weight is 425 g/mol. The van der Waals surface area contributed by atoms with Gasteiger partial charge in [-0.25, -0.2) is 13.6 Å². The highest BCUT2D eigenvalue weighted by Crippen LogP contribution is 2.47. The lowest BCUT2D eigenvalue weighted by atomic mass is 9.82. The molecule has 0 radical (unpaired) electrons. The number of anilines is 1. The Morgan fingerprint density at radius 1 is 1.27 bits per heavy atom. The molecule has 1 fully saturated rings. The number of piperidine rings is 1. The molecule has 3 unspecified atom stereocenters. The molecule has 0 aliphatic carbocycles. The number of carbonyl (C=O) groups excluding carboxylic acids is 1. The molecule has 1 aromatic carbocycles. The number of methoxy groups -OCH3 is 1. The van der Waals surface area contributed by atoms with Crippen LogP contribution < -0.4 is 4.90 Å². The molecule has 3 rings (SSSR count). The molecule has 5 nitrogen and oxygen atoms in total. The quantitative estimate of drug-likeness (QED) is 0.628. The van der Waals surface area contributed by atoms with Gasteiger partial charge in [-0.3, -0.25) is 0 Å². The van der Waals surface area contributed by atoms with Gasteiger partial charge < -0.3 is 19.3 Å². The van der Waals surface area contributed by atoms with Gasteiger partial charge >= 0.3 is 6.09 Å². The van der Waals surface area contributed by atoms with Crippen molar-refractivity contribution in [3.63, 3.8) is 0 Å². The number of carbonyl (C=O) groups is 1. The number of ether oxygens (including phenoxy) is 2. The van der Waals surface area contributed by atoms with Crippen molar-refractivity contribution < 1.29 is 23.0 Å². The maximum Gasteiger partial charge on any atom is 0.410 e. The summed E-state index contributed by atoms with van der Waals surface area (Å²) in [5.74, 6) is -0.989. The minimum absolute atomic E-state index is 0.00149. The summed E-state index contributed by atoms with van der Waals surface area (Å²) in [6, 6.07) is 2.41. The summed E-state index contributed by atoms with van der Waals surface area (Å²) in [7, 11) is 1.65. The molecule has 0 saturated carbocycles. The van der Waals surface area contributed by atoms with Gasteiger partial charge in [0.05, 0.1) is 0 Å². The Morgan fingerprint density at radius 2 is 2.00 bits per heavy atom. The second kappa shape index (κ2) is 9.08. The molecule has 0 spiro atoms. The van der Waals surface area contributed by atoms with Crippen LogP contribution in [0, 0.1) is 17.6 Å². The van der Waals surface area contributed by atoms with Crippen molar-refractivity contribution in [2.75, 3.05) is 38.3 Å². The van der Waals surface area contributed by atoms with E-state index in [1.807, 2.05) is 27.7 Å². The second-order valence-corrected chi connectivity index (χ2v) is 9.47. The van der Waals surface area contributed by atoms with Crippen molar-refractivity contribution in [3.05, 3.63) is 29.3 Å². The van der Waals surface area contributed by atoms with Gasteiger partial charge in [-0.15, -0.1) is 0 Å². The van der Waals surface area contributed by atoms with Crippen molar-refractivity contribution in [2.24, 2.45) is 5.92 Å². The third-order valence-corrected chi connectivity index (χ3v) is 6.05. The van der Waals surface area contributed by atoms with Crippen molar-refractivity contribution in [1.29, 1.82) is 0 Å². The summed E-state index contributed by atoms with van der Waals surface area (Å²) in [5.41, 5.74) is 0.664. The molecule has 1 saturated heterocycles. The van der Waals surface area contributed by atoms with Crippen molar-refractivity contribution in [3.8, 4) is 0 Å². The largest absolute Gasteiger partial charge is 0.444 e. The summed E-state index contributed by atoms with van der Waals surface area (Å²) in [5, 5.41) is 0. The first-order valence-corrected chi connectivity index (χ1v) is 10.8. The van der Waals surface area contributed by atoms with E-state index >= 15 is 0 Å². The summed E-state index contributed by atoms with van der Waals surface area (Å²) in [6.07, 6.45) is 2.26. The van der Waals surface area contributed by atoms with Crippen LogP contribution in [0.3, 0.4) is 0 Å². The molecule has 3 atom stereocenters. The standard InChI is InChI=1S/C23H34F2N2O3/c1-15-20-18(25)12-17(24)13-19(20)27(10-7-11-29-5)21(15)16-8-6-9-26(14-16)22(28)30-23(2,3)4/h12-13,15-16,21H,6-11,14H2,1-5H3. The number of hydrogen-bond donors (Lipinski definition) is 0. The van der Waals surface area contributed by atoms with E-state index in [-0.39, 0.29) is 24.0 Å². The lowest BCUT2D eigenvalue weighted by molar-refractivity contribution is 0.0147. The lowest BCUT2D eigenvalue weighted by Gasteiger charge is -2.41. The summed E-state index contributed by atoms with van der Waals surface area (Å²) < 4.78 is 39.5. The molecule has 168 valence electrons. The van der Waals surface area contributed by atoms with E-state index in [1.54, 1.807) is 12.0 Å². The molecule has 2 aliphatic rings. The number of halogens is 2. The molecule has 2 aliphatic heterocycles. The van der Waals surface area contributed by atoms with Crippen LogP contribution in [0.2, 0.25) is 0 Å². The molecule has 0 aromatic heterocycles. The average Bonchev–Trinajstić information content (AvgIpc) is 2.92. The van der Waals surface area contributed by atoms with Gasteiger partial charge in [0.2, 0.25) is 0 Å². The number of amides is 1. The maximum absolute atomic E-state index is 14.7. The van der Waals surface area contributed by atoms with Crippen LogP contribution in [0.25, 0.3) is 0 Å². The zero-order chi connectivity index (χ0) is 22.1. The van der Waals surface area contributed by atoms with E-state index in [2.05, 4.69) is 4.90 Å². The minimum Gasteiger partial charge on any atom is -0.444 e. The Hall–Kier alpha value is -1.89. The second-order valence-electron chi connectivity index (χ2n) is 9.47. The predicted molar refractivity (Wildman–Crippen MR) is 113 cm³/mol. The minimum atomic E-state index is -0.560. The highest BCUT2D eigenvalue weighted by Gasteiger charge is 2.44. The van der Waals surface area contributed by atoms with E-state index in [1.165, 1.54) is 6.07 Å². The molecule has 7 heteroatoms. The molecule has 30 heavy (non-hydrogen) atoms. The molecule has 2 heterocycles. The number of fused-ring (bicyclic) bond motifs is 1. The van der Waals surface area contributed by atoms with Crippen LogP contribution in [0.4, 0.5) is 19.3 Å². The Bertz CT molecular complexity index is 766. The number of benzene rings is 1. The van der Waals surface area contributed by atoms with Crippen LogP contribution in [0.15, 0.2) is 12.1 Å². The van der Waals surface area contributed by atoms with E-state index < -0.39 is 17.2 Å². The van der Waals surface area contributed by atoms with Crippen LogP contribution in [0.5, 0.6) is 0 Å². The Balaban J connectivity index is 1.85. The Labute approximate surface area is 178 Å². The van der Waals surface area contributed by atoms with E-state index in [0.29, 0.717) is 37.5 Å². The topological polar surface area (TPSA) is 42.0 Å². The van der Waals surface area contributed by atoms with Crippen molar-refractivity contribution in [2.45, 2.75) is 64.5 Å². The van der Waals surface area contributed by atoms with Crippen LogP contribution in [0.1, 0.15) is 58.4 Å². The first kappa shape index (κ1) is 22.8. The zero-order valence-corrected chi connectivity index (χ0v) is 18.7. The van der Waals surface area contributed by atoms with Gasteiger partial charge in [0.1, 0.15) is 17.2 Å². The van der Waals surface area contributed by atoms with Crippen LogP contribution >= 0.6 is 0 Å². The molecule has 0 N–H and O–H groups in total. The SMILES string of the molecule is COCCCN1c2cc(F)cc(F)c2C(C)C1C1CCCN(C(=O)OC(C)(C)C)C1. The van der Waals surface area contributed by atoms with E-state index in [9.17, 15) is 13.6 Å². The molecule has 0 bridgehead atoms. The highest BCUT2D eigenvalue weighted by molar-refractivity contribution is 5.68. The van der Waals surface area contributed by atoms with Gasteiger partial charge in [-0.1, -0.05) is 6.92 Å². The van der Waals surface area contributed by atoms with Gasteiger partial charge in [-0.2, -0.15) is 0 Å².